The van der Waals surface area contributed by atoms with Gasteiger partial charge in [0.15, 0.2) is 6.61 Å². The molecule has 0 N–H and O–H groups in total. The summed E-state index contributed by atoms with van der Waals surface area (Å²) < 4.78 is 39.2. The molecule has 0 aliphatic carbocycles. The number of ether oxygens (including phenoxy) is 1. The lowest BCUT2D eigenvalue weighted by Crippen LogP contribution is -2.17. The van der Waals surface area contributed by atoms with Crippen molar-refractivity contribution in [3.63, 3.8) is 0 Å². The molecule has 1 rings (SSSR count). The van der Waals surface area contributed by atoms with Crippen molar-refractivity contribution in [2.45, 2.75) is 6.18 Å². The van der Waals surface area contributed by atoms with E-state index in [0.717, 1.165) is 0 Å². The van der Waals surface area contributed by atoms with Crippen molar-refractivity contribution in [2.24, 2.45) is 4.99 Å². The summed E-state index contributed by atoms with van der Waals surface area (Å²) in [6.07, 6.45) is -1.46. The van der Waals surface area contributed by atoms with E-state index in [1.165, 1.54) is 12.2 Å². The maximum atomic E-state index is 11.6. The topological polar surface area (TPSA) is 21.6 Å². The molecule has 0 amide bonds. The van der Waals surface area contributed by atoms with Crippen molar-refractivity contribution in [3.05, 3.63) is 17.9 Å². The van der Waals surface area contributed by atoms with E-state index < -0.39 is 12.8 Å². The zero-order valence-electron chi connectivity index (χ0n) is 6.06. The summed E-state index contributed by atoms with van der Waals surface area (Å²) in [6.45, 7) is -1.13. The van der Waals surface area contributed by atoms with E-state index in [1.54, 1.807) is 0 Å². The number of halogens is 3. The average molecular weight is 177 g/mol. The normalized spacial score (nSPS) is 16.1. The molecule has 0 aromatic carbocycles. The zero-order chi connectivity index (χ0) is 9.03. The van der Waals surface area contributed by atoms with Gasteiger partial charge in [-0.05, 0) is 11.9 Å². The minimum absolute atomic E-state index is 0.132. The first-order chi connectivity index (χ1) is 5.58. The Morgan fingerprint density at radius 3 is 2.83 bits per heavy atom. The van der Waals surface area contributed by atoms with E-state index in [1.807, 2.05) is 0 Å². The van der Waals surface area contributed by atoms with Gasteiger partial charge >= 0.3 is 6.18 Å². The van der Waals surface area contributed by atoms with Crippen molar-refractivity contribution in [2.75, 3.05) is 13.2 Å². The molecule has 0 saturated heterocycles. The fourth-order valence-electron chi connectivity index (χ4n) is 0.627. The number of hydrogen-bond donors (Lipinski definition) is 0. The van der Waals surface area contributed by atoms with Crippen LogP contribution in [-0.4, -0.2) is 25.2 Å². The van der Waals surface area contributed by atoms with E-state index >= 15 is 0 Å². The van der Waals surface area contributed by atoms with Crippen molar-refractivity contribution < 1.29 is 17.9 Å². The third kappa shape index (κ3) is 3.25. The van der Waals surface area contributed by atoms with Gasteiger partial charge in [-0.1, -0.05) is 0 Å². The molecular weight excluding hydrogens is 171 g/mol. The third-order valence-electron chi connectivity index (χ3n) is 1.09. The molecule has 5 heteroatoms. The first-order valence-corrected chi connectivity index (χ1v) is 3.22. The first kappa shape index (κ1) is 8.87. The summed E-state index contributed by atoms with van der Waals surface area (Å²) in [4.78, 5) is 3.59. The predicted molar refractivity (Wildman–Crippen MR) is 37.0 cm³/mol. The monoisotopic (exact) mass is 177 g/mol. The van der Waals surface area contributed by atoms with Crippen LogP contribution >= 0.6 is 0 Å². The Balaban J connectivity index is 2.34. The molecule has 2 nitrogen and oxygen atoms in total. The van der Waals surface area contributed by atoms with Gasteiger partial charge in [-0.2, -0.15) is 13.2 Å². The van der Waals surface area contributed by atoms with Crippen LogP contribution in [0.4, 0.5) is 13.2 Å². The highest BCUT2D eigenvalue weighted by atomic mass is 19.4. The van der Waals surface area contributed by atoms with E-state index in [0.29, 0.717) is 0 Å². The van der Waals surface area contributed by atoms with Crippen LogP contribution in [0.15, 0.2) is 22.9 Å². The van der Waals surface area contributed by atoms with Crippen LogP contribution in [-0.2, 0) is 4.74 Å². The SMILES string of the molecule is FC(F)(F)COC1=CC=C=NC1. The Morgan fingerprint density at radius 2 is 2.33 bits per heavy atom. The van der Waals surface area contributed by atoms with Crippen LogP contribution in [0.1, 0.15) is 0 Å². The fraction of sp³-hybridized carbons (Fsp3) is 0.429. The quantitative estimate of drug-likeness (QED) is 0.628. The second-order valence-electron chi connectivity index (χ2n) is 2.15. The molecule has 0 aromatic heterocycles. The molecular formula is C7H6F3NO. The first-order valence-electron chi connectivity index (χ1n) is 3.22. The van der Waals surface area contributed by atoms with Crippen LogP contribution < -0.4 is 0 Å². The van der Waals surface area contributed by atoms with Gasteiger partial charge in [0.1, 0.15) is 12.3 Å². The Labute approximate surface area is 67.0 Å². The fourth-order valence-corrected chi connectivity index (χ4v) is 0.627. The number of allylic oxidation sites excluding steroid dienone is 2. The molecule has 0 fully saturated rings. The maximum absolute atomic E-state index is 11.6. The number of aliphatic imine (C=N–C) groups is 1. The van der Waals surface area contributed by atoms with Gasteiger partial charge in [-0.15, -0.1) is 0 Å². The Bertz CT molecular complexity index is 248. The summed E-state index contributed by atoms with van der Waals surface area (Å²) in [6, 6.07) is 0. The molecule has 0 aromatic rings. The second-order valence-corrected chi connectivity index (χ2v) is 2.15. The van der Waals surface area contributed by atoms with Gasteiger partial charge < -0.3 is 4.74 Å². The third-order valence-corrected chi connectivity index (χ3v) is 1.09. The van der Waals surface area contributed by atoms with E-state index in [4.69, 9.17) is 0 Å². The van der Waals surface area contributed by atoms with Crippen molar-refractivity contribution in [1.82, 2.24) is 0 Å². The molecule has 0 spiro atoms. The second kappa shape index (κ2) is 3.45. The van der Waals surface area contributed by atoms with Crippen LogP contribution in [0.25, 0.3) is 0 Å². The van der Waals surface area contributed by atoms with Crippen LogP contribution in [0.2, 0.25) is 0 Å². The van der Waals surface area contributed by atoms with Gasteiger partial charge in [0.25, 0.3) is 0 Å². The lowest BCUT2D eigenvalue weighted by Gasteiger charge is -2.10. The van der Waals surface area contributed by atoms with E-state index in [-0.39, 0.29) is 12.3 Å². The zero-order valence-corrected chi connectivity index (χ0v) is 6.06. The standard InChI is InChI=1S/C7H6F3NO/c8-7(9,10)5-12-6-2-1-3-11-4-6/h1-2H,4-5H2. The van der Waals surface area contributed by atoms with Gasteiger partial charge in [-0.3, -0.25) is 0 Å². The maximum Gasteiger partial charge on any atom is 0.422 e. The van der Waals surface area contributed by atoms with E-state index in [9.17, 15) is 13.2 Å². The Kier molecular flexibility index (Phi) is 2.55. The van der Waals surface area contributed by atoms with Crippen molar-refractivity contribution >= 4 is 5.87 Å². The van der Waals surface area contributed by atoms with E-state index in [2.05, 4.69) is 15.6 Å². The van der Waals surface area contributed by atoms with Gasteiger partial charge in [-0.25, -0.2) is 4.99 Å². The average Bonchev–Trinajstić information content (AvgIpc) is 2.02. The summed E-state index contributed by atoms with van der Waals surface area (Å²) in [7, 11) is 0. The largest absolute Gasteiger partial charge is 0.486 e. The minimum atomic E-state index is -4.29. The molecule has 0 radical (unpaired) electrons. The Morgan fingerprint density at radius 1 is 1.58 bits per heavy atom. The Hall–Kier alpha value is -1.22. The summed E-state index contributed by atoms with van der Waals surface area (Å²) in [5.41, 5.74) is 0. The van der Waals surface area contributed by atoms with Crippen LogP contribution in [0, 0.1) is 0 Å². The summed E-state index contributed by atoms with van der Waals surface area (Å²) in [5, 5.41) is 0. The summed E-state index contributed by atoms with van der Waals surface area (Å²) in [5.74, 6) is 2.69. The van der Waals surface area contributed by atoms with Crippen molar-refractivity contribution in [1.29, 1.82) is 0 Å². The minimum Gasteiger partial charge on any atom is -0.486 e. The molecule has 0 unspecified atom stereocenters. The van der Waals surface area contributed by atoms with Gasteiger partial charge in [0, 0.05) is 6.08 Å². The smallest absolute Gasteiger partial charge is 0.422 e. The molecule has 1 aliphatic heterocycles. The number of rotatable bonds is 2. The van der Waals surface area contributed by atoms with Crippen LogP contribution in [0.3, 0.4) is 0 Å². The van der Waals surface area contributed by atoms with Gasteiger partial charge in [0.05, 0.1) is 0 Å². The lowest BCUT2D eigenvalue weighted by atomic mass is 10.4. The highest BCUT2D eigenvalue weighted by Gasteiger charge is 2.28. The number of nitrogens with zero attached hydrogens (tertiary/aromatic N) is 1. The predicted octanol–water partition coefficient (Wildman–Crippen LogP) is 1.69. The summed E-state index contributed by atoms with van der Waals surface area (Å²) >= 11 is 0. The molecule has 0 bridgehead atoms. The van der Waals surface area contributed by atoms with Crippen molar-refractivity contribution in [3.8, 4) is 0 Å². The molecule has 0 atom stereocenters. The highest BCUT2D eigenvalue weighted by molar-refractivity contribution is 5.57. The lowest BCUT2D eigenvalue weighted by molar-refractivity contribution is -0.164. The molecule has 12 heavy (non-hydrogen) atoms. The number of hydrogen-bond acceptors (Lipinski definition) is 2. The molecule has 0 saturated carbocycles. The molecule has 66 valence electrons. The molecule has 1 aliphatic rings. The molecule has 1 heterocycles. The number of alkyl halides is 3. The van der Waals surface area contributed by atoms with Crippen LogP contribution in [0.5, 0.6) is 0 Å². The van der Waals surface area contributed by atoms with Gasteiger partial charge in [0.2, 0.25) is 0 Å². The highest BCUT2D eigenvalue weighted by Crippen LogP contribution is 2.16.